The van der Waals surface area contributed by atoms with Crippen molar-refractivity contribution in [3.63, 3.8) is 0 Å². The van der Waals surface area contributed by atoms with Crippen molar-refractivity contribution in [1.82, 2.24) is 5.32 Å². The van der Waals surface area contributed by atoms with Crippen LogP contribution in [0.3, 0.4) is 0 Å². The number of amides is 1. The first-order valence-electron chi connectivity index (χ1n) is 6.48. The van der Waals surface area contributed by atoms with Crippen LogP contribution in [0.25, 0.3) is 0 Å². The van der Waals surface area contributed by atoms with Crippen molar-refractivity contribution < 1.29 is 23.8 Å². The van der Waals surface area contributed by atoms with Crippen molar-refractivity contribution in [2.24, 2.45) is 5.92 Å². The Morgan fingerprint density at radius 1 is 1.45 bits per heavy atom. The fourth-order valence-electron chi connectivity index (χ4n) is 2.18. The van der Waals surface area contributed by atoms with Crippen LogP contribution in [0.15, 0.2) is 18.2 Å². The molecule has 2 rings (SSSR count). The van der Waals surface area contributed by atoms with Gasteiger partial charge < -0.3 is 15.2 Å². The van der Waals surface area contributed by atoms with Gasteiger partial charge in [-0.15, -0.1) is 0 Å². The van der Waals surface area contributed by atoms with Gasteiger partial charge in [-0.25, -0.2) is 4.39 Å². The minimum Gasteiger partial charge on any atom is -0.490 e. The lowest BCUT2D eigenvalue weighted by Gasteiger charge is -2.32. The number of aliphatic carboxylic acids is 1. The lowest BCUT2D eigenvalue weighted by atomic mass is 9.80. The van der Waals surface area contributed by atoms with E-state index in [-0.39, 0.29) is 24.0 Å². The largest absolute Gasteiger partial charge is 0.490 e. The van der Waals surface area contributed by atoms with Crippen LogP contribution >= 0.6 is 0 Å². The van der Waals surface area contributed by atoms with Crippen LogP contribution < -0.4 is 10.1 Å². The average Bonchev–Trinajstić information content (AvgIpc) is 2.35. The van der Waals surface area contributed by atoms with E-state index in [0.29, 0.717) is 12.8 Å². The summed E-state index contributed by atoms with van der Waals surface area (Å²) in [4.78, 5) is 22.8. The molecule has 108 valence electrons. The molecule has 0 radical (unpaired) electrons. The Hall–Kier alpha value is -2.11. The molecule has 1 fully saturated rings. The molecule has 0 saturated heterocycles. The standard InChI is InChI=1S/C14H16FNO4/c1-2-20-12-10(4-3-5-11(12)15)13(17)16-9-6-8(7-9)14(18)19/h3-5,8-9H,2,6-7H2,1H3,(H,16,17)(H,18,19). The van der Waals surface area contributed by atoms with Crippen molar-refractivity contribution >= 4 is 11.9 Å². The highest BCUT2D eigenvalue weighted by Crippen LogP contribution is 2.29. The summed E-state index contributed by atoms with van der Waals surface area (Å²) in [5.41, 5.74) is 0.130. The van der Waals surface area contributed by atoms with Crippen LogP contribution in [-0.4, -0.2) is 29.6 Å². The van der Waals surface area contributed by atoms with Crippen molar-refractivity contribution in [2.75, 3.05) is 6.61 Å². The second-order valence-corrected chi connectivity index (χ2v) is 4.73. The molecule has 20 heavy (non-hydrogen) atoms. The third-order valence-electron chi connectivity index (χ3n) is 3.32. The molecule has 5 nitrogen and oxygen atoms in total. The number of nitrogens with one attached hydrogen (secondary N) is 1. The summed E-state index contributed by atoms with van der Waals surface area (Å²) in [7, 11) is 0. The Bertz CT molecular complexity index is 526. The lowest BCUT2D eigenvalue weighted by Crippen LogP contribution is -2.46. The van der Waals surface area contributed by atoms with Gasteiger partial charge >= 0.3 is 5.97 Å². The van der Waals surface area contributed by atoms with Gasteiger partial charge in [-0.3, -0.25) is 9.59 Å². The SMILES string of the molecule is CCOc1c(F)cccc1C(=O)NC1CC(C(=O)O)C1. The van der Waals surface area contributed by atoms with E-state index in [1.165, 1.54) is 18.2 Å². The summed E-state index contributed by atoms with van der Waals surface area (Å²) < 4.78 is 18.8. The summed E-state index contributed by atoms with van der Waals surface area (Å²) in [6.45, 7) is 1.96. The number of halogens is 1. The van der Waals surface area contributed by atoms with Gasteiger partial charge in [0.25, 0.3) is 5.91 Å². The number of carboxylic acid groups (broad SMARTS) is 1. The van der Waals surface area contributed by atoms with Gasteiger partial charge in [0.05, 0.1) is 18.1 Å². The lowest BCUT2D eigenvalue weighted by molar-refractivity contribution is -0.145. The molecule has 1 aromatic carbocycles. The van der Waals surface area contributed by atoms with E-state index in [2.05, 4.69) is 5.32 Å². The molecule has 0 aliphatic heterocycles. The highest BCUT2D eigenvalue weighted by Gasteiger charge is 2.35. The molecular formula is C14H16FNO4. The van der Waals surface area contributed by atoms with Crippen molar-refractivity contribution in [2.45, 2.75) is 25.8 Å². The van der Waals surface area contributed by atoms with Crippen LogP contribution in [-0.2, 0) is 4.79 Å². The highest BCUT2D eigenvalue weighted by atomic mass is 19.1. The number of carboxylic acids is 1. The van der Waals surface area contributed by atoms with Crippen LogP contribution in [0.4, 0.5) is 4.39 Å². The van der Waals surface area contributed by atoms with Crippen molar-refractivity contribution in [1.29, 1.82) is 0 Å². The first-order chi connectivity index (χ1) is 9.52. The van der Waals surface area contributed by atoms with Gasteiger partial charge in [0.15, 0.2) is 11.6 Å². The molecule has 0 unspecified atom stereocenters. The zero-order chi connectivity index (χ0) is 14.7. The van der Waals surface area contributed by atoms with Crippen LogP contribution in [0.2, 0.25) is 0 Å². The van der Waals surface area contributed by atoms with Crippen LogP contribution in [0.5, 0.6) is 5.75 Å². The van der Waals surface area contributed by atoms with E-state index < -0.39 is 23.6 Å². The Morgan fingerprint density at radius 3 is 2.75 bits per heavy atom. The maximum Gasteiger partial charge on any atom is 0.306 e. The topological polar surface area (TPSA) is 75.6 Å². The molecule has 0 atom stereocenters. The normalized spacial score (nSPS) is 20.9. The fraction of sp³-hybridized carbons (Fsp3) is 0.429. The molecule has 0 spiro atoms. The van der Waals surface area contributed by atoms with Crippen molar-refractivity contribution in [3.8, 4) is 5.75 Å². The molecule has 0 aromatic heterocycles. The van der Waals surface area contributed by atoms with Crippen LogP contribution in [0.1, 0.15) is 30.1 Å². The number of hydrogen-bond acceptors (Lipinski definition) is 3. The van der Waals surface area contributed by atoms with E-state index in [1.807, 2.05) is 0 Å². The fourth-order valence-corrected chi connectivity index (χ4v) is 2.18. The molecule has 1 aromatic rings. The Balaban J connectivity index is 2.03. The Labute approximate surface area is 115 Å². The highest BCUT2D eigenvalue weighted by molar-refractivity contribution is 5.97. The second kappa shape index (κ2) is 5.90. The van der Waals surface area contributed by atoms with Gasteiger partial charge in [-0.2, -0.15) is 0 Å². The van der Waals surface area contributed by atoms with Gasteiger partial charge in [0, 0.05) is 6.04 Å². The summed E-state index contributed by atoms with van der Waals surface area (Å²) >= 11 is 0. The maximum absolute atomic E-state index is 13.6. The first kappa shape index (κ1) is 14.3. The number of para-hydroxylation sites is 1. The number of benzene rings is 1. The van der Waals surface area contributed by atoms with Gasteiger partial charge in [-0.1, -0.05) is 6.07 Å². The monoisotopic (exact) mass is 281 g/mol. The number of rotatable bonds is 5. The van der Waals surface area contributed by atoms with E-state index in [1.54, 1.807) is 6.92 Å². The molecule has 1 aliphatic rings. The Kier molecular flexibility index (Phi) is 4.22. The number of ether oxygens (including phenoxy) is 1. The predicted octanol–water partition coefficient (Wildman–Crippen LogP) is 1.82. The van der Waals surface area contributed by atoms with Gasteiger partial charge in [-0.05, 0) is 31.9 Å². The number of hydrogen-bond donors (Lipinski definition) is 2. The molecule has 0 bridgehead atoms. The second-order valence-electron chi connectivity index (χ2n) is 4.73. The summed E-state index contributed by atoms with van der Waals surface area (Å²) in [5, 5.41) is 11.5. The van der Waals surface area contributed by atoms with Gasteiger partial charge in [0.2, 0.25) is 0 Å². The number of carbonyl (C=O) groups is 2. The first-order valence-corrected chi connectivity index (χ1v) is 6.48. The van der Waals surface area contributed by atoms with E-state index in [0.717, 1.165) is 0 Å². The molecule has 1 aliphatic carbocycles. The zero-order valence-electron chi connectivity index (χ0n) is 11.1. The zero-order valence-corrected chi connectivity index (χ0v) is 11.1. The predicted molar refractivity (Wildman–Crippen MR) is 69.2 cm³/mol. The summed E-state index contributed by atoms with van der Waals surface area (Å²) in [5.74, 6) is -2.35. The average molecular weight is 281 g/mol. The third kappa shape index (κ3) is 2.89. The molecule has 0 heterocycles. The van der Waals surface area contributed by atoms with E-state index >= 15 is 0 Å². The molecule has 6 heteroatoms. The summed E-state index contributed by atoms with van der Waals surface area (Å²) in [6.07, 6.45) is 0.806. The maximum atomic E-state index is 13.6. The molecule has 1 amide bonds. The smallest absolute Gasteiger partial charge is 0.306 e. The number of carbonyl (C=O) groups excluding carboxylic acids is 1. The Morgan fingerprint density at radius 2 is 2.15 bits per heavy atom. The van der Waals surface area contributed by atoms with Gasteiger partial charge in [0.1, 0.15) is 0 Å². The molecule has 2 N–H and O–H groups in total. The van der Waals surface area contributed by atoms with Crippen molar-refractivity contribution in [3.05, 3.63) is 29.6 Å². The van der Waals surface area contributed by atoms with E-state index in [4.69, 9.17) is 9.84 Å². The minimum atomic E-state index is -0.851. The molecular weight excluding hydrogens is 265 g/mol. The summed E-state index contributed by atoms with van der Waals surface area (Å²) in [6, 6.07) is 3.97. The minimum absolute atomic E-state index is 0.0680. The molecule has 1 saturated carbocycles. The van der Waals surface area contributed by atoms with Crippen LogP contribution in [0, 0.1) is 11.7 Å². The third-order valence-corrected chi connectivity index (χ3v) is 3.32. The van der Waals surface area contributed by atoms with E-state index in [9.17, 15) is 14.0 Å². The quantitative estimate of drug-likeness (QED) is 0.863.